The van der Waals surface area contributed by atoms with Gasteiger partial charge in [0.2, 0.25) is 5.91 Å². The molecule has 6 nitrogen and oxygen atoms in total. The highest BCUT2D eigenvalue weighted by Gasteiger charge is 2.51. The summed E-state index contributed by atoms with van der Waals surface area (Å²) >= 11 is 0. The molecule has 1 fully saturated rings. The summed E-state index contributed by atoms with van der Waals surface area (Å²) in [5.74, 6) is -0.949. The minimum atomic E-state index is -3.72. The largest absolute Gasteiger partial charge is 0.462 e. The van der Waals surface area contributed by atoms with Gasteiger partial charge in [-0.3, -0.25) is 9.69 Å². The van der Waals surface area contributed by atoms with Crippen molar-refractivity contribution in [3.05, 3.63) is 65.7 Å². The second kappa shape index (κ2) is 6.92. The Morgan fingerprint density at radius 2 is 1.69 bits per heavy atom. The van der Waals surface area contributed by atoms with Crippen molar-refractivity contribution in [3.63, 3.8) is 0 Å². The molecule has 0 aliphatic carbocycles. The Bertz CT molecular complexity index is 922. The Kier molecular flexibility index (Phi) is 4.82. The molecule has 26 heavy (non-hydrogen) atoms. The third kappa shape index (κ3) is 2.99. The average molecular weight is 373 g/mol. The van der Waals surface area contributed by atoms with E-state index in [-0.39, 0.29) is 6.61 Å². The molecule has 0 radical (unpaired) electrons. The number of carbonyl (C=O) groups excluding carboxylic acids is 2. The molecular weight excluding hydrogens is 354 g/mol. The van der Waals surface area contributed by atoms with E-state index in [1.54, 1.807) is 49.4 Å². The van der Waals surface area contributed by atoms with E-state index in [1.807, 2.05) is 0 Å². The Labute approximate surface area is 152 Å². The third-order valence-corrected chi connectivity index (χ3v) is 6.66. The summed E-state index contributed by atoms with van der Waals surface area (Å²) in [6, 6.07) is 14.8. The van der Waals surface area contributed by atoms with Crippen molar-refractivity contribution in [2.45, 2.75) is 24.5 Å². The highest BCUT2D eigenvalue weighted by molar-refractivity contribution is 7.93. The van der Waals surface area contributed by atoms with Crippen molar-refractivity contribution in [1.29, 1.82) is 0 Å². The van der Waals surface area contributed by atoms with Crippen LogP contribution in [0.5, 0.6) is 0 Å². The van der Waals surface area contributed by atoms with E-state index in [2.05, 4.69) is 0 Å². The van der Waals surface area contributed by atoms with E-state index in [4.69, 9.17) is 4.74 Å². The van der Waals surface area contributed by atoms with Crippen molar-refractivity contribution in [2.24, 2.45) is 0 Å². The lowest BCUT2D eigenvalue weighted by molar-refractivity contribution is -0.117. The van der Waals surface area contributed by atoms with E-state index in [0.29, 0.717) is 16.8 Å². The molecule has 2 aromatic carbocycles. The zero-order chi connectivity index (χ0) is 18.9. The molecule has 1 heterocycles. The standard InChI is InChI=1S/C19H19NO5S/c1-3-25-19(22)15-9-11-16(12-10-15)20-17(21)13(2)26(23,24)18(20)14-7-5-4-6-8-14/h4-13,18H,3H2,1-2H3/t13-,18-/m0/s1. The average Bonchev–Trinajstić information content (AvgIpc) is 2.83. The summed E-state index contributed by atoms with van der Waals surface area (Å²) in [5.41, 5.74) is 1.29. The Morgan fingerprint density at radius 1 is 1.08 bits per heavy atom. The molecule has 0 spiro atoms. The van der Waals surface area contributed by atoms with Crippen molar-refractivity contribution < 1.29 is 22.7 Å². The van der Waals surface area contributed by atoms with Crippen LogP contribution in [0.3, 0.4) is 0 Å². The van der Waals surface area contributed by atoms with Crippen LogP contribution in [0.2, 0.25) is 0 Å². The van der Waals surface area contributed by atoms with Gasteiger partial charge in [-0.25, -0.2) is 13.2 Å². The number of carbonyl (C=O) groups is 2. The fourth-order valence-electron chi connectivity index (χ4n) is 2.98. The van der Waals surface area contributed by atoms with Crippen molar-refractivity contribution >= 4 is 27.4 Å². The van der Waals surface area contributed by atoms with Gasteiger partial charge < -0.3 is 4.74 Å². The second-order valence-electron chi connectivity index (χ2n) is 5.97. The Balaban J connectivity index is 2.04. The number of ether oxygens (including phenoxy) is 1. The van der Waals surface area contributed by atoms with Gasteiger partial charge in [-0.2, -0.15) is 0 Å². The van der Waals surface area contributed by atoms with Gasteiger partial charge >= 0.3 is 5.97 Å². The molecule has 2 aromatic rings. The smallest absolute Gasteiger partial charge is 0.338 e. The number of nitrogens with zero attached hydrogens (tertiary/aromatic N) is 1. The topological polar surface area (TPSA) is 80.8 Å². The van der Waals surface area contributed by atoms with Crippen LogP contribution in [-0.4, -0.2) is 32.2 Å². The number of esters is 1. The lowest BCUT2D eigenvalue weighted by atomic mass is 10.1. The highest BCUT2D eigenvalue weighted by Crippen LogP contribution is 2.40. The zero-order valence-corrected chi connectivity index (χ0v) is 15.3. The Morgan fingerprint density at radius 3 is 2.27 bits per heavy atom. The molecule has 0 unspecified atom stereocenters. The third-order valence-electron chi connectivity index (χ3n) is 4.37. The minimum absolute atomic E-state index is 0.261. The zero-order valence-electron chi connectivity index (χ0n) is 14.5. The van der Waals surface area contributed by atoms with Crippen molar-refractivity contribution in [1.82, 2.24) is 0 Å². The number of sulfone groups is 1. The van der Waals surface area contributed by atoms with Crippen LogP contribution in [0.15, 0.2) is 54.6 Å². The van der Waals surface area contributed by atoms with Crippen molar-refractivity contribution in [2.75, 3.05) is 11.5 Å². The fourth-order valence-corrected chi connectivity index (χ4v) is 4.82. The van der Waals surface area contributed by atoms with E-state index < -0.39 is 32.3 Å². The first-order chi connectivity index (χ1) is 12.4. The molecule has 0 N–H and O–H groups in total. The van der Waals surface area contributed by atoms with Gasteiger partial charge in [0, 0.05) is 5.69 Å². The molecule has 7 heteroatoms. The number of amides is 1. The van der Waals surface area contributed by atoms with E-state index in [1.165, 1.54) is 24.0 Å². The highest BCUT2D eigenvalue weighted by atomic mass is 32.2. The van der Waals surface area contributed by atoms with Gasteiger partial charge in [0.1, 0.15) is 5.25 Å². The van der Waals surface area contributed by atoms with Gasteiger partial charge in [-0.05, 0) is 43.7 Å². The van der Waals surface area contributed by atoms with Gasteiger partial charge in [0.15, 0.2) is 15.2 Å². The van der Waals surface area contributed by atoms with E-state index in [9.17, 15) is 18.0 Å². The van der Waals surface area contributed by atoms with Gasteiger partial charge in [-0.1, -0.05) is 30.3 Å². The quantitative estimate of drug-likeness (QED) is 0.770. The molecule has 1 aliphatic rings. The summed E-state index contributed by atoms with van der Waals surface area (Å²) in [4.78, 5) is 25.7. The minimum Gasteiger partial charge on any atom is -0.462 e. The summed E-state index contributed by atoms with van der Waals surface area (Å²) in [5, 5.41) is -2.21. The number of benzene rings is 2. The van der Waals surface area contributed by atoms with Crippen LogP contribution < -0.4 is 4.90 Å². The molecule has 1 amide bonds. The maximum atomic E-state index is 12.8. The lowest BCUT2D eigenvalue weighted by Crippen LogP contribution is -2.30. The van der Waals surface area contributed by atoms with Crippen LogP contribution in [0.25, 0.3) is 0 Å². The van der Waals surface area contributed by atoms with Crippen LogP contribution in [0, 0.1) is 0 Å². The molecular formula is C19H19NO5S. The summed E-state index contributed by atoms with van der Waals surface area (Å²) in [7, 11) is -3.72. The molecule has 1 aliphatic heterocycles. The van der Waals surface area contributed by atoms with E-state index >= 15 is 0 Å². The molecule has 1 saturated heterocycles. The van der Waals surface area contributed by atoms with E-state index in [0.717, 1.165) is 0 Å². The predicted octanol–water partition coefficient (Wildman–Crippen LogP) is 2.71. The number of hydrogen-bond donors (Lipinski definition) is 0. The molecule has 136 valence electrons. The van der Waals surface area contributed by atoms with Gasteiger partial charge in [-0.15, -0.1) is 0 Å². The first kappa shape index (κ1) is 18.1. The molecule has 0 saturated carbocycles. The van der Waals surface area contributed by atoms with Crippen LogP contribution in [0.1, 0.15) is 35.1 Å². The molecule has 2 atom stereocenters. The monoisotopic (exact) mass is 373 g/mol. The molecule has 3 rings (SSSR count). The van der Waals surface area contributed by atoms with Crippen LogP contribution in [-0.2, 0) is 19.4 Å². The maximum Gasteiger partial charge on any atom is 0.338 e. The summed E-state index contributed by atoms with van der Waals surface area (Å²) in [6.07, 6.45) is 0. The fraction of sp³-hybridized carbons (Fsp3) is 0.263. The first-order valence-corrected chi connectivity index (χ1v) is 9.86. The van der Waals surface area contributed by atoms with Gasteiger partial charge in [0.05, 0.1) is 12.2 Å². The van der Waals surface area contributed by atoms with Crippen LogP contribution in [0.4, 0.5) is 5.69 Å². The molecule has 0 aromatic heterocycles. The van der Waals surface area contributed by atoms with Gasteiger partial charge in [0.25, 0.3) is 0 Å². The summed E-state index contributed by atoms with van der Waals surface area (Å²) in [6.45, 7) is 3.38. The normalized spacial score (nSPS) is 21.6. The number of anilines is 1. The second-order valence-corrected chi connectivity index (χ2v) is 8.30. The van der Waals surface area contributed by atoms with Crippen molar-refractivity contribution in [3.8, 4) is 0 Å². The van der Waals surface area contributed by atoms with Crippen LogP contribution >= 0.6 is 0 Å². The number of hydrogen-bond acceptors (Lipinski definition) is 5. The predicted molar refractivity (Wildman–Crippen MR) is 97.4 cm³/mol. The molecule has 0 bridgehead atoms. The SMILES string of the molecule is CCOC(=O)c1ccc(N2C(=O)[C@H](C)S(=O)(=O)[C@H]2c2ccccc2)cc1. The first-order valence-electron chi connectivity index (χ1n) is 8.26. The number of rotatable bonds is 4. The lowest BCUT2D eigenvalue weighted by Gasteiger charge is -2.24. The Hall–Kier alpha value is -2.67. The maximum absolute atomic E-state index is 12.8. The summed E-state index contributed by atoms with van der Waals surface area (Å²) < 4.78 is 30.6.